The van der Waals surface area contributed by atoms with Crippen molar-refractivity contribution in [1.29, 1.82) is 0 Å². The number of ether oxygens (including phenoxy) is 4. The fourth-order valence-electron chi connectivity index (χ4n) is 4.92. The summed E-state index contributed by atoms with van der Waals surface area (Å²) in [5, 5.41) is 14.8. The molecule has 248 valence electrons. The van der Waals surface area contributed by atoms with E-state index in [1.165, 1.54) is 6.07 Å². The fraction of sp³-hybridized carbons (Fsp3) is 0.361. The lowest BCUT2D eigenvalue weighted by atomic mass is 9.89. The Hall–Kier alpha value is -4.73. The van der Waals surface area contributed by atoms with Gasteiger partial charge in [0.05, 0.1) is 57.9 Å². The average molecular weight is 645 g/mol. The molecule has 2 aromatic rings. The van der Waals surface area contributed by atoms with Gasteiger partial charge in [0.2, 0.25) is 5.36 Å². The zero-order valence-corrected chi connectivity index (χ0v) is 27.3. The van der Waals surface area contributed by atoms with Gasteiger partial charge in [-0.1, -0.05) is 12.0 Å². The molecule has 0 saturated heterocycles. The van der Waals surface area contributed by atoms with Crippen LogP contribution in [0.3, 0.4) is 0 Å². The molecular weight excluding hydrogens is 602 g/mol. The number of amides is 1. The third kappa shape index (κ3) is 9.40. The van der Waals surface area contributed by atoms with E-state index in [1.54, 1.807) is 12.1 Å². The zero-order chi connectivity index (χ0) is 33.8. The molecule has 0 spiro atoms. The number of carbonyl (C=O) groups is 2. The van der Waals surface area contributed by atoms with Crippen LogP contribution in [-0.4, -0.2) is 105 Å². The average Bonchev–Trinajstić information content (AvgIpc) is 3.06. The second-order valence-corrected chi connectivity index (χ2v) is 11.0. The number of benzene rings is 3. The Morgan fingerprint density at radius 3 is 2.17 bits per heavy atom. The first kappa shape index (κ1) is 35.1. The smallest absolute Gasteiger partial charge is 0.336 e. The molecule has 1 heterocycles. The van der Waals surface area contributed by atoms with E-state index in [0.717, 1.165) is 27.6 Å². The van der Waals surface area contributed by atoms with Crippen LogP contribution in [0.4, 0.5) is 5.69 Å². The third-order valence-electron chi connectivity index (χ3n) is 7.34. The molecule has 1 aliphatic heterocycles. The number of carbonyl (C=O) groups excluding carboxylic acids is 1. The summed E-state index contributed by atoms with van der Waals surface area (Å²) in [6, 6.07) is 16.4. The SMILES string of the molecule is C#CCOCCOCCOCCOCCNC(=O)c1ccc(-c2c3ccc(=[N+](C)C)cc-3oc3cc(N(C)C)ccc23)c(C(=O)O)c1. The molecule has 11 nitrogen and oxygen atoms in total. The maximum atomic E-state index is 13.0. The Morgan fingerprint density at radius 1 is 0.872 bits per heavy atom. The topological polar surface area (TPSA) is 123 Å². The summed E-state index contributed by atoms with van der Waals surface area (Å²) in [4.78, 5) is 27.6. The van der Waals surface area contributed by atoms with E-state index in [9.17, 15) is 14.7 Å². The Kier molecular flexibility index (Phi) is 12.9. The molecule has 0 radical (unpaired) electrons. The van der Waals surface area contributed by atoms with E-state index in [0.29, 0.717) is 56.5 Å². The van der Waals surface area contributed by atoms with Gasteiger partial charge in [-0.2, -0.15) is 0 Å². The standard InChI is InChI=1S/C36H41N3O8/c1-6-14-43-16-18-45-20-21-46-19-17-44-15-13-37-35(40)25-7-10-28(31(22-25)36(41)42)34-29-11-8-26(38(2)3)23-32(29)47-33-24-27(39(4)5)9-12-30(33)34/h1,7-12,22-24H,13-21H2,2-5H3,(H-,37,40,41,42)/p+1. The molecular formula is C36H42N3O8+. The minimum Gasteiger partial charge on any atom is -0.478 e. The summed E-state index contributed by atoms with van der Waals surface area (Å²) >= 11 is 0. The molecule has 1 amide bonds. The molecule has 47 heavy (non-hydrogen) atoms. The van der Waals surface area contributed by atoms with Crippen LogP contribution in [0.2, 0.25) is 0 Å². The van der Waals surface area contributed by atoms with Crippen LogP contribution in [0.25, 0.3) is 33.4 Å². The van der Waals surface area contributed by atoms with Gasteiger partial charge in [-0.25, -0.2) is 9.37 Å². The monoisotopic (exact) mass is 644 g/mol. The highest BCUT2D eigenvalue weighted by Crippen LogP contribution is 2.42. The van der Waals surface area contributed by atoms with Gasteiger partial charge in [0, 0.05) is 60.5 Å². The lowest BCUT2D eigenvalue weighted by Gasteiger charge is -2.19. The number of nitrogens with one attached hydrogen (secondary N) is 1. The summed E-state index contributed by atoms with van der Waals surface area (Å²) in [6.07, 6.45) is 5.10. The molecule has 0 aromatic heterocycles. The minimum atomic E-state index is -1.14. The minimum absolute atomic E-state index is 0.0114. The van der Waals surface area contributed by atoms with Gasteiger partial charge in [0.25, 0.3) is 5.91 Å². The Morgan fingerprint density at radius 2 is 1.53 bits per heavy atom. The van der Waals surface area contributed by atoms with Crippen molar-refractivity contribution in [2.24, 2.45) is 0 Å². The molecule has 0 saturated carbocycles. The number of rotatable bonds is 17. The first-order chi connectivity index (χ1) is 22.7. The second-order valence-electron chi connectivity index (χ2n) is 11.0. The number of anilines is 1. The van der Waals surface area contributed by atoms with Crippen LogP contribution in [0, 0.1) is 12.3 Å². The summed E-state index contributed by atoms with van der Waals surface area (Å²) in [6.45, 7) is 3.29. The predicted octanol–water partition coefficient (Wildman–Crippen LogP) is 3.43. The number of nitrogens with zero attached hydrogens (tertiary/aromatic N) is 2. The Bertz CT molecular complexity index is 1770. The molecule has 0 fully saturated rings. The Balaban J connectivity index is 1.44. The van der Waals surface area contributed by atoms with Crippen molar-refractivity contribution >= 4 is 28.5 Å². The summed E-state index contributed by atoms with van der Waals surface area (Å²) in [7, 11) is 7.78. The van der Waals surface area contributed by atoms with E-state index in [2.05, 4.69) is 11.2 Å². The molecule has 2 aliphatic rings. The van der Waals surface area contributed by atoms with Crippen LogP contribution in [0.15, 0.2) is 59.0 Å². The van der Waals surface area contributed by atoms with Crippen LogP contribution >= 0.6 is 0 Å². The molecule has 2 N–H and O–H groups in total. The molecule has 2 aromatic carbocycles. The third-order valence-corrected chi connectivity index (χ3v) is 7.34. The lowest BCUT2D eigenvalue weighted by Crippen LogP contribution is -2.28. The molecule has 1 aliphatic carbocycles. The summed E-state index contributed by atoms with van der Waals surface area (Å²) in [5.41, 5.74) is 3.78. The highest BCUT2D eigenvalue weighted by atomic mass is 16.6. The van der Waals surface area contributed by atoms with Crippen molar-refractivity contribution < 1.29 is 38.1 Å². The number of fused-ring (bicyclic) bond motifs is 2. The van der Waals surface area contributed by atoms with Crippen molar-refractivity contribution in [3.8, 4) is 34.8 Å². The quantitative estimate of drug-likeness (QED) is 0.0771. The van der Waals surface area contributed by atoms with Crippen LogP contribution in [0.1, 0.15) is 20.7 Å². The maximum absolute atomic E-state index is 13.0. The number of carboxylic acids is 1. The largest absolute Gasteiger partial charge is 0.478 e. The Labute approximate surface area is 274 Å². The van der Waals surface area contributed by atoms with E-state index in [4.69, 9.17) is 29.8 Å². The van der Waals surface area contributed by atoms with Crippen LogP contribution in [-0.2, 0) is 18.9 Å². The van der Waals surface area contributed by atoms with Gasteiger partial charge in [0.15, 0.2) is 0 Å². The van der Waals surface area contributed by atoms with Gasteiger partial charge in [-0.3, -0.25) is 4.79 Å². The number of carboxylic acid groups (broad SMARTS) is 1. The van der Waals surface area contributed by atoms with Gasteiger partial charge in [-0.15, -0.1) is 6.42 Å². The second kappa shape index (κ2) is 17.3. The van der Waals surface area contributed by atoms with E-state index in [1.807, 2.05) is 74.1 Å². The summed E-state index contributed by atoms with van der Waals surface area (Å²) in [5.74, 6) is 1.47. The van der Waals surface area contributed by atoms with Crippen molar-refractivity contribution in [3.63, 3.8) is 0 Å². The van der Waals surface area contributed by atoms with Gasteiger partial charge < -0.3 is 38.7 Å². The van der Waals surface area contributed by atoms with Gasteiger partial charge >= 0.3 is 5.97 Å². The number of terminal acetylenes is 1. The maximum Gasteiger partial charge on any atom is 0.336 e. The van der Waals surface area contributed by atoms with Crippen LogP contribution in [0.5, 0.6) is 0 Å². The predicted molar refractivity (Wildman–Crippen MR) is 181 cm³/mol. The first-order valence-corrected chi connectivity index (χ1v) is 15.3. The van der Waals surface area contributed by atoms with Crippen LogP contribution < -0.4 is 20.1 Å². The number of hydrogen-bond acceptors (Lipinski definition) is 8. The van der Waals surface area contributed by atoms with Crippen molar-refractivity contribution in [3.05, 3.63) is 71.1 Å². The number of aromatic carboxylic acids is 1. The zero-order valence-electron chi connectivity index (χ0n) is 27.3. The van der Waals surface area contributed by atoms with E-state index >= 15 is 0 Å². The molecule has 11 heteroatoms. The van der Waals surface area contributed by atoms with Crippen molar-refractivity contribution in [1.82, 2.24) is 9.89 Å². The fourth-order valence-corrected chi connectivity index (χ4v) is 4.92. The lowest BCUT2D eigenvalue weighted by molar-refractivity contribution is 0.00176. The first-order valence-electron chi connectivity index (χ1n) is 15.3. The highest BCUT2D eigenvalue weighted by Gasteiger charge is 2.23. The van der Waals surface area contributed by atoms with E-state index < -0.39 is 11.9 Å². The normalized spacial score (nSPS) is 11.0. The highest BCUT2D eigenvalue weighted by molar-refractivity contribution is 6.09. The van der Waals surface area contributed by atoms with Gasteiger partial charge in [-0.05, 0) is 35.9 Å². The summed E-state index contributed by atoms with van der Waals surface area (Å²) < 4.78 is 29.8. The molecule has 0 atom stereocenters. The van der Waals surface area contributed by atoms with Gasteiger partial charge in [0.1, 0.15) is 32.0 Å². The van der Waals surface area contributed by atoms with Crippen molar-refractivity contribution in [2.75, 3.05) is 92.5 Å². The molecule has 0 bridgehead atoms. The van der Waals surface area contributed by atoms with Crippen molar-refractivity contribution in [2.45, 2.75) is 0 Å². The molecule has 0 unspecified atom stereocenters. The van der Waals surface area contributed by atoms with E-state index in [-0.39, 0.29) is 30.9 Å². The molecule has 4 rings (SSSR count). The number of hydrogen-bond donors (Lipinski definition) is 2.